The van der Waals surface area contributed by atoms with Crippen LogP contribution in [0.25, 0.3) is 20.2 Å². The Labute approximate surface area is 186 Å². The van der Waals surface area contributed by atoms with Gasteiger partial charge in [-0.25, -0.2) is 8.78 Å². The van der Waals surface area contributed by atoms with Crippen molar-refractivity contribution in [3.8, 4) is 11.5 Å². The number of halogens is 2. The van der Waals surface area contributed by atoms with Gasteiger partial charge >= 0.3 is 0 Å². The first-order valence-corrected chi connectivity index (χ1v) is 12.6. The molecule has 2 fully saturated rings. The van der Waals surface area contributed by atoms with Gasteiger partial charge in [0.15, 0.2) is 23.1 Å². The molecule has 0 radical (unpaired) electrons. The molecule has 2 aromatic carbocycles. The highest BCUT2D eigenvalue weighted by Crippen LogP contribution is 2.42. The van der Waals surface area contributed by atoms with Crippen LogP contribution in [0.1, 0.15) is 64.7 Å². The molecule has 1 heterocycles. The highest BCUT2D eigenvalue weighted by Gasteiger charge is 2.23. The summed E-state index contributed by atoms with van der Waals surface area (Å²) in [5.74, 6) is 1.14. The van der Waals surface area contributed by atoms with Crippen molar-refractivity contribution in [1.82, 2.24) is 0 Å². The van der Waals surface area contributed by atoms with Gasteiger partial charge in [0, 0.05) is 10.8 Å². The SMILES string of the molecule is CCC1CCC(COc2ccc3c(sc4c(F)c(OC5CCCC5)ccc43)c2F)CC1. The van der Waals surface area contributed by atoms with Gasteiger partial charge in [-0.15, -0.1) is 11.3 Å². The summed E-state index contributed by atoms with van der Waals surface area (Å²) in [6.07, 6.45) is 10.3. The third-order valence-corrected chi connectivity index (χ3v) is 8.44. The molecule has 0 atom stereocenters. The van der Waals surface area contributed by atoms with Crippen LogP contribution in [-0.4, -0.2) is 12.7 Å². The van der Waals surface area contributed by atoms with Crippen LogP contribution in [0.5, 0.6) is 11.5 Å². The van der Waals surface area contributed by atoms with E-state index in [0.29, 0.717) is 21.9 Å². The lowest BCUT2D eigenvalue weighted by Gasteiger charge is -2.27. The van der Waals surface area contributed by atoms with Crippen molar-refractivity contribution >= 4 is 31.5 Å². The van der Waals surface area contributed by atoms with Crippen molar-refractivity contribution in [2.45, 2.75) is 70.8 Å². The number of hydrogen-bond acceptors (Lipinski definition) is 3. The molecule has 2 nitrogen and oxygen atoms in total. The molecular weight excluding hydrogens is 414 g/mol. The van der Waals surface area contributed by atoms with Crippen LogP contribution < -0.4 is 9.47 Å². The second kappa shape index (κ2) is 8.93. The fourth-order valence-electron chi connectivity index (χ4n) is 5.20. The van der Waals surface area contributed by atoms with Crippen molar-refractivity contribution in [2.24, 2.45) is 11.8 Å². The third-order valence-electron chi connectivity index (χ3n) is 7.23. The Morgan fingerprint density at radius 2 is 1.39 bits per heavy atom. The van der Waals surface area contributed by atoms with Crippen LogP contribution in [0.4, 0.5) is 8.78 Å². The summed E-state index contributed by atoms with van der Waals surface area (Å²) in [6.45, 7) is 2.81. The Morgan fingerprint density at radius 1 is 0.806 bits per heavy atom. The topological polar surface area (TPSA) is 18.5 Å². The zero-order valence-electron chi connectivity index (χ0n) is 18.1. The van der Waals surface area contributed by atoms with E-state index in [-0.39, 0.29) is 29.2 Å². The summed E-state index contributed by atoms with van der Waals surface area (Å²) >= 11 is 1.16. The maximum absolute atomic E-state index is 15.3. The second-order valence-electron chi connectivity index (χ2n) is 9.24. The van der Waals surface area contributed by atoms with E-state index >= 15 is 8.78 Å². The highest BCUT2D eigenvalue weighted by molar-refractivity contribution is 7.25. The first kappa shape index (κ1) is 21.0. The first-order valence-electron chi connectivity index (χ1n) is 11.8. The summed E-state index contributed by atoms with van der Waals surface area (Å²) < 4.78 is 43.2. The third kappa shape index (κ3) is 4.13. The predicted octanol–water partition coefficient (Wildman–Crippen LogP) is 8.25. The molecule has 0 N–H and O–H groups in total. The zero-order chi connectivity index (χ0) is 21.4. The molecule has 0 amide bonds. The summed E-state index contributed by atoms with van der Waals surface area (Å²) in [6, 6.07) is 7.10. The van der Waals surface area contributed by atoms with E-state index in [2.05, 4.69) is 6.92 Å². The lowest BCUT2D eigenvalue weighted by molar-refractivity contribution is 0.177. The van der Waals surface area contributed by atoms with Crippen molar-refractivity contribution in [3.05, 3.63) is 35.9 Å². The minimum atomic E-state index is -0.376. The normalized spacial score (nSPS) is 22.4. The molecule has 5 rings (SSSR count). The smallest absolute Gasteiger partial charge is 0.182 e. The quantitative estimate of drug-likeness (QED) is 0.381. The lowest BCUT2D eigenvalue weighted by atomic mass is 9.81. The van der Waals surface area contributed by atoms with E-state index in [0.717, 1.165) is 66.6 Å². The Morgan fingerprint density at radius 3 is 2.03 bits per heavy atom. The zero-order valence-corrected chi connectivity index (χ0v) is 18.9. The lowest BCUT2D eigenvalue weighted by Crippen LogP contribution is -2.20. The minimum absolute atomic E-state index is 0.0884. The molecule has 3 aromatic rings. The Kier molecular flexibility index (Phi) is 6.05. The predicted molar refractivity (Wildman–Crippen MR) is 123 cm³/mol. The molecule has 5 heteroatoms. The minimum Gasteiger partial charge on any atom is -0.490 e. The molecule has 166 valence electrons. The molecular formula is C26H30F2O2S. The first-order chi connectivity index (χ1) is 15.1. The standard InChI is InChI=1S/C26H30F2O2S/c1-2-16-7-9-17(10-8-16)15-29-21-13-11-19-20-12-14-22(30-18-5-3-4-6-18)24(28)26(20)31-25(19)23(21)27/h11-14,16-18H,2-10,15H2,1H3. The number of benzene rings is 2. The van der Waals surface area contributed by atoms with E-state index < -0.39 is 0 Å². The molecule has 2 saturated carbocycles. The van der Waals surface area contributed by atoms with E-state index in [1.165, 1.54) is 19.3 Å². The molecule has 0 unspecified atom stereocenters. The summed E-state index contributed by atoms with van der Waals surface area (Å²) in [7, 11) is 0. The molecule has 0 spiro atoms. The van der Waals surface area contributed by atoms with Gasteiger partial charge in [-0.3, -0.25) is 0 Å². The molecule has 2 aliphatic carbocycles. The molecule has 2 aliphatic rings. The van der Waals surface area contributed by atoms with Crippen molar-refractivity contribution in [2.75, 3.05) is 6.61 Å². The summed E-state index contributed by atoms with van der Waals surface area (Å²) in [5.41, 5.74) is 0. The van der Waals surface area contributed by atoms with E-state index in [4.69, 9.17) is 9.47 Å². The number of fused-ring (bicyclic) bond motifs is 3. The Bertz CT molecular complexity index is 1060. The highest BCUT2D eigenvalue weighted by atomic mass is 32.1. The van der Waals surface area contributed by atoms with Crippen LogP contribution in [0.15, 0.2) is 24.3 Å². The summed E-state index contributed by atoms with van der Waals surface area (Å²) in [4.78, 5) is 0. The van der Waals surface area contributed by atoms with Crippen LogP contribution in [0.3, 0.4) is 0 Å². The summed E-state index contributed by atoms with van der Waals surface area (Å²) in [5, 5.41) is 1.47. The average Bonchev–Trinajstić information content (AvgIpc) is 3.44. The van der Waals surface area contributed by atoms with Gasteiger partial charge in [-0.05, 0) is 74.6 Å². The molecule has 0 saturated heterocycles. The van der Waals surface area contributed by atoms with Crippen LogP contribution in [0.2, 0.25) is 0 Å². The van der Waals surface area contributed by atoms with E-state index in [9.17, 15) is 0 Å². The maximum Gasteiger partial charge on any atom is 0.182 e. The van der Waals surface area contributed by atoms with Gasteiger partial charge in [-0.2, -0.15) is 0 Å². The maximum atomic E-state index is 15.3. The fraction of sp³-hybridized carbons (Fsp3) is 0.538. The van der Waals surface area contributed by atoms with E-state index in [1.807, 2.05) is 12.1 Å². The van der Waals surface area contributed by atoms with Crippen molar-refractivity contribution in [3.63, 3.8) is 0 Å². The van der Waals surface area contributed by atoms with Gasteiger partial charge in [0.2, 0.25) is 0 Å². The van der Waals surface area contributed by atoms with Crippen LogP contribution in [0, 0.1) is 23.5 Å². The van der Waals surface area contributed by atoms with Crippen LogP contribution in [-0.2, 0) is 0 Å². The number of rotatable bonds is 6. The van der Waals surface area contributed by atoms with Crippen molar-refractivity contribution < 1.29 is 18.3 Å². The van der Waals surface area contributed by atoms with Crippen LogP contribution >= 0.6 is 11.3 Å². The number of thiophene rings is 1. The van der Waals surface area contributed by atoms with Gasteiger partial charge in [0.1, 0.15) is 0 Å². The van der Waals surface area contributed by atoms with Gasteiger partial charge in [-0.1, -0.05) is 26.2 Å². The second-order valence-corrected chi connectivity index (χ2v) is 10.3. The van der Waals surface area contributed by atoms with E-state index in [1.54, 1.807) is 12.1 Å². The van der Waals surface area contributed by atoms with Gasteiger partial charge < -0.3 is 9.47 Å². The number of hydrogen-bond donors (Lipinski definition) is 0. The monoisotopic (exact) mass is 444 g/mol. The molecule has 31 heavy (non-hydrogen) atoms. The fourth-order valence-corrected chi connectivity index (χ4v) is 6.36. The van der Waals surface area contributed by atoms with Gasteiger partial charge in [0.25, 0.3) is 0 Å². The average molecular weight is 445 g/mol. The molecule has 0 aliphatic heterocycles. The van der Waals surface area contributed by atoms with Crippen molar-refractivity contribution in [1.29, 1.82) is 0 Å². The van der Waals surface area contributed by atoms with Gasteiger partial charge in [0.05, 0.1) is 22.1 Å². The Balaban J connectivity index is 1.37. The largest absolute Gasteiger partial charge is 0.490 e. The molecule has 1 aromatic heterocycles. The Hall–Kier alpha value is -1.88. The number of ether oxygens (including phenoxy) is 2. The molecule has 0 bridgehead atoms.